The molecule has 5 nitrogen and oxygen atoms in total. The zero-order valence-corrected chi connectivity index (χ0v) is 18.1. The summed E-state index contributed by atoms with van der Waals surface area (Å²) in [7, 11) is 0. The summed E-state index contributed by atoms with van der Waals surface area (Å²) in [5.74, 6) is -1.11. The quantitative estimate of drug-likeness (QED) is 0.330. The lowest BCUT2D eigenvalue weighted by molar-refractivity contribution is -0.122. The second-order valence-corrected chi connectivity index (χ2v) is 7.71. The second-order valence-electron chi connectivity index (χ2n) is 6.89. The molecule has 1 aliphatic rings. The Kier molecular flexibility index (Phi) is 6.30. The number of benzene rings is 3. The number of halogens is 2. The third-order valence-corrected chi connectivity index (χ3v) is 5.22. The fourth-order valence-electron chi connectivity index (χ4n) is 3.13. The molecule has 2 amide bonds. The predicted molar refractivity (Wildman–Crippen MR) is 125 cm³/mol. The molecule has 0 bridgehead atoms. The number of amides is 2. The monoisotopic (exact) mass is 466 g/mol. The summed E-state index contributed by atoms with van der Waals surface area (Å²) in [5, 5.41) is 2.96. The van der Waals surface area contributed by atoms with E-state index >= 15 is 0 Å². The van der Waals surface area contributed by atoms with Gasteiger partial charge in [-0.05, 0) is 66.3 Å². The van der Waals surface area contributed by atoms with Crippen molar-refractivity contribution in [2.75, 3.05) is 4.90 Å². The lowest BCUT2D eigenvalue weighted by atomic mass is 10.1. The molecule has 0 spiro atoms. The Morgan fingerprint density at radius 1 is 1.03 bits per heavy atom. The van der Waals surface area contributed by atoms with Crippen molar-refractivity contribution in [1.29, 1.82) is 0 Å². The van der Waals surface area contributed by atoms with Gasteiger partial charge in [-0.2, -0.15) is 0 Å². The summed E-state index contributed by atoms with van der Waals surface area (Å²) in [4.78, 5) is 27.0. The number of ether oxygens (including phenoxy) is 1. The molecule has 0 aromatic heterocycles. The van der Waals surface area contributed by atoms with Crippen LogP contribution in [0.25, 0.3) is 6.08 Å². The zero-order chi connectivity index (χ0) is 22.7. The first-order chi connectivity index (χ1) is 15.4. The topological polar surface area (TPSA) is 58.6 Å². The summed E-state index contributed by atoms with van der Waals surface area (Å²) >= 11 is 11.4. The normalized spacial score (nSPS) is 15.1. The summed E-state index contributed by atoms with van der Waals surface area (Å²) in [6.45, 7) is 0.165. The fraction of sp³-hybridized carbons (Fsp3) is 0.0417. The average molecular weight is 467 g/mol. The van der Waals surface area contributed by atoms with E-state index in [2.05, 4.69) is 5.32 Å². The number of anilines is 1. The number of carbonyl (C=O) groups is 2. The first-order valence-electron chi connectivity index (χ1n) is 9.55. The Balaban J connectivity index is 1.66. The SMILES string of the molecule is O=C1NC(=S)N(c2ccccc2)C(=O)/C1=C\c1cc(Cl)ccc1OCc1ccc(F)cc1. The molecule has 1 saturated heterocycles. The molecular weight excluding hydrogens is 451 g/mol. The molecule has 0 aliphatic carbocycles. The van der Waals surface area contributed by atoms with Gasteiger partial charge in [0.1, 0.15) is 23.7 Å². The molecule has 8 heteroatoms. The first kappa shape index (κ1) is 21.7. The van der Waals surface area contributed by atoms with Gasteiger partial charge in [0.2, 0.25) is 0 Å². The van der Waals surface area contributed by atoms with Gasteiger partial charge in [-0.3, -0.25) is 19.8 Å². The standard InChI is InChI=1S/C24H16ClFN2O3S/c25-17-8-11-21(31-14-15-6-9-18(26)10-7-15)16(12-17)13-20-22(29)27-24(32)28(23(20)30)19-4-2-1-3-5-19/h1-13H,14H2,(H,27,29,32)/b20-13-. The van der Waals surface area contributed by atoms with Gasteiger partial charge in [-0.15, -0.1) is 0 Å². The zero-order valence-electron chi connectivity index (χ0n) is 16.5. The molecule has 1 aliphatic heterocycles. The van der Waals surface area contributed by atoms with Crippen molar-refractivity contribution in [3.05, 3.63) is 100 Å². The molecule has 1 N–H and O–H groups in total. The van der Waals surface area contributed by atoms with Crippen LogP contribution in [-0.4, -0.2) is 16.9 Å². The van der Waals surface area contributed by atoms with Crippen LogP contribution in [0, 0.1) is 5.82 Å². The van der Waals surface area contributed by atoms with E-state index in [9.17, 15) is 14.0 Å². The van der Waals surface area contributed by atoms with Gasteiger partial charge in [0.05, 0.1) is 5.69 Å². The molecule has 0 radical (unpaired) electrons. The molecule has 3 aromatic carbocycles. The summed E-state index contributed by atoms with van der Waals surface area (Å²) in [6.07, 6.45) is 1.42. The van der Waals surface area contributed by atoms with Gasteiger partial charge in [0.25, 0.3) is 11.8 Å². The highest BCUT2D eigenvalue weighted by Gasteiger charge is 2.34. The number of hydrogen-bond acceptors (Lipinski definition) is 4. The van der Waals surface area contributed by atoms with Gasteiger partial charge >= 0.3 is 0 Å². The van der Waals surface area contributed by atoms with E-state index in [1.807, 2.05) is 6.07 Å². The first-order valence-corrected chi connectivity index (χ1v) is 10.3. The van der Waals surface area contributed by atoms with Gasteiger partial charge in [-0.1, -0.05) is 41.9 Å². The van der Waals surface area contributed by atoms with E-state index in [-0.39, 0.29) is 23.1 Å². The van der Waals surface area contributed by atoms with Crippen LogP contribution in [0.2, 0.25) is 5.02 Å². The highest BCUT2D eigenvalue weighted by molar-refractivity contribution is 7.80. The summed E-state index contributed by atoms with van der Waals surface area (Å²) < 4.78 is 19.0. The highest BCUT2D eigenvalue weighted by Crippen LogP contribution is 2.28. The maximum absolute atomic E-state index is 13.2. The number of rotatable bonds is 5. The average Bonchev–Trinajstić information content (AvgIpc) is 2.78. The Hall–Kier alpha value is -3.55. The molecular formula is C24H16ClFN2O3S. The number of carbonyl (C=O) groups excluding carboxylic acids is 2. The summed E-state index contributed by atoms with van der Waals surface area (Å²) in [6, 6.07) is 19.6. The van der Waals surface area contributed by atoms with Crippen LogP contribution in [0.15, 0.2) is 78.4 Å². The molecule has 3 aromatic rings. The third kappa shape index (κ3) is 4.69. The minimum Gasteiger partial charge on any atom is -0.488 e. The van der Waals surface area contributed by atoms with Crippen molar-refractivity contribution in [2.24, 2.45) is 0 Å². The van der Waals surface area contributed by atoms with Crippen LogP contribution in [0.3, 0.4) is 0 Å². The fourth-order valence-corrected chi connectivity index (χ4v) is 3.59. The van der Waals surface area contributed by atoms with Crippen LogP contribution in [-0.2, 0) is 16.2 Å². The number of thiocarbonyl (C=S) groups is 1. The molecule has 0 saturated carbocycles. The van der Waals surface area contributed by atoms with Crippen LogP contribution in [0.1, 0.15) is 11.1 Å². The number of nitrogens with one attached hydrogen (secondary N) is 1. The number of para-hydroxylation sites is 1. The van der Waals surface area contributed by atoms with Gasteiger partial charge < -0.3 is 4.74 Å². The second kappa shape index (κ2) is 9.30. The van der Waals surface area contributed by atoms with E-state index in [1.165, 1.54) is 23.1 Å². The Bertz CT molecular complexity index is 1230. The van der Waals surface area contributed by atoms with Crippen LogP contribution in [0.5, 0.6) is 5.75 Å². The van der Waals surface area contributed by atoms with E-state index in [1.54, 1.807) is 54.6 Å². The van der Waals surface area contributed by atoms with Gasteiger partial charge in [0, 0.05) is 10.6 Å². The molecule has 4 rings (SSSR count). The van der Waals surface area contributed by atoms with Crippen molar-refractivity contribution in [2.45, 2.75) is 6.61 Å². The van der Waals surface area contributed by atoms with Gasteiger partial charge in [0.15, 0.2) is 5.11 Å². The van der Waals surface area contributed by atoms with Crippen molar-refractivity contribution < 1.29 is 18.7 Å². The predicted octanol–water partition coefficient (Wildman–Crippen LogP) is 4.89. The Morgan fingerprint density at radius 3 is 2.47 bits per heavy atom. The molecule has 1 fully saturated rings. The van der Waals surface area contributed by atoms with E-state index in [4.69, 9.17) is 28.6 Å². The lowest BCUT2D eigenvalue weighted by Gasteiger charge is -2.29. The number of nitrogens with zero attached hydrogens (tertiary/aromatic N) is 1. The molecule has 0 unspecified atom stereocenters. The third-order valence-electron chi connectivity index (χ3n) is 4.70. The molecule has 0 atom stereocenters. The molecule has 1 heterocycles. The minimum atomic E-state index is -0.614. The van der Waals surface area contributed by atoms with Crippen LogP contribution < -0.4 is 15.0 Å². The summed E-state index contributed by atoms with van der Waals surface area (Å²) in [5.41, 5.74) is 1.62. The van der Waals surface area contributed by atoms with Crippen LogP contribution >= 0.6 is 23.8 Å². The molecule has 160 valence electrons. The Morgan fingerprint density at radius 2 is 1.75 bits per heavy atom. The number of hydrogen-bond donors (Lipinski definition) is 1. The maximum Gasteiger partial charge on any atom is 0.270 e. The van der Waals surface area contributed by atoms with Crippen molar-refractivity contribution in [1.82, 2.24) is 5.32 Å². The molecule has 32 heavy (non-hydrogen) atoms. The lowest BCUT2D eigenvalue weighted by Crippen LogP contribution is -2.54. The smallest absolute Gasteiger partial charge is 0.270 e. The van der Waals surface area contributed by atoms with E-state index in [0.717, 1.165) is 5.56 Å². The van der Waals surface area contributed by atoms with E-state index in [0.29, 0.717) is 22.0 Å². The van der Waals surface area contributed by atoms with Crippen molar-refractivity contribution >= 4 is 52.5 Å². The largest absolute Gasteiger partial charge is 0.488 e. The van der Waals surface area contributed by atoms with Crippen molar-refractivity contribution in [3.8, 4) is 5.75 Å². The highest BCUT2D eigenvalue weighted by atomic mass is 35.5. The minimum absolute atomic E-state index is 0.00206. The van der Waals surface area contributed by atoms with Crippen molar-refractivity contribution in [3.63, 3.8) is 0 Å². The Labute approximate surface area is 194 Å². The van der Waals surface area contributed by atoms with E-state index < -0.39 is 11.8 Å². The van der Waals surface area contributed by atoms with Crippen LogP contribution in [0.4, 0.5) is 10.1 Å². The maximum atomic E-state index is 13.2. The van der Waals surface area contributed by atoms with Gasteiger partial charge in [-0.25, -0.2) is 4.39 Å².